The van der Waals surface area contributed by atoms with E-state index in [1.54, 1.807) is 48.8 Å². The van der Waals surface area contributed by atoms with Crippen molar-refractivity contribution in [2.75, 3.05) is 32.7 Å². The zero-order valence-electron chi connectivity index (χ0n) is 17.1. The highest BCUT2D eigenvalue weighted by molar-refractivity contribution is 6.30. The number of halogens is 1. The largest absolute Gasteiger partial charge is 0.444 e. The fourth-order valence-corrected chi connectivity index (χ4v) is 2.89. The maximum Gasteiger partial charge on any atom is 0.407 e. The summed E-state index contributed by atoms with van der Waals surface area (Å²) in [7, 11) is 0. The molecule has 0 bridgehead atoms. The Labute approximate surface area is 176 Å². The lowest BCUT2D eigenvalue weighted by Crippen LogP contribution is -2.50. The third-order valence-electron chi connectivity index (χ3n) is 4.24. The van der Waals surface area contributed by atoms with Crippen molar-refractivity contribution in [1.82, 2.24) is 15.1 Å². The van der Waals surface area contributed by atoms with Crippen LogP contribution in [0.15, 0.2) is 30.3 Å². The third-order valence-corrected chi connectivity index (χ3v) is 4.49. The zero-order valence-corrected chi connectivity index (χ0v) is 17.9. The van der Waals surface area contributed by atoms with Crippen molar-refractivity contribution < 1.29 is 19.1 Å². The smallest absolute Gasteiger partial charge is 0.407 e. The van der Waals surface area contributed by atoms with Crippen molar-refractivity contribution in [2.24, 2.45) is 0 Å². The summed E-state index contributed by atoms with van der Waals surface area (Å²) in [4.78, 5) is 39.6. The van der Waals surface area contributed by atoms with Gasteiger partial charge in [0.15, 0.2) is 0 Å². The van der Waals surface area contributed by atoms with Gasteiger partial charge in [-0.3, -0.25) is 9.59 Å². The summed E-state index contributed by atoms with van der Waals surface area (Å²) in [5.41, 5.74) is 0.327. The Morgan fingerprint density at radius 3 is 2.24 bits per heavy atom. The summed E-state index contributed by atoms with van der Waals surface area (Å²) in [6.45, 7) is 7.48. The van der Waals surface area contributed by atoms with Crippen LogP contribution >= 0.6 is 11.6 Å². The van der Waals surface area contributed by atoms with Gasteiger partial charge in [-0.15, -0.1) is 0 Å². The quantitative estimate of drug-likeness (QED) is 0.741. The maximum absolute atomic E-state index is 12.3. The van der Waals surface area contributed by atoms with E-state index in [0.29, 0.717) is 31.2 Å². The van der Waals surface area contributed by atoms with E-state index in [1.807, 2.05) is 12.1 Å². The highest BCUT2D eigenvalue weighted by atomic mass is 35.5. The van der Waals surface area contributed by atoms with Gasteiger partial charge in [-0.2, -0.15) is 0 Å². The third kappa shape index (κ3) is 8.15. The molecule has 1 fully saturated rings. The molecule has 0 atom stereocenters. The van der Waals surface area contributed by atoms with Gasteiger partial charge in [-0.05, 0) is 44.5 Å². The van der Waals surface area contributed by atoms with Crippen molar-refractivity contribution in [2.45, 2.75) is 32.8 Å². The van der Waals surface area contributed by atoms with Gasteiger partial charge >= 0.3 is 6.09 Å². The normalized spacial score (nSPS) is 14.8. The number of rotatable bonds is 5. The van der Waals surface area contributed by atoms with Crippen LogP contribution in [0, 0.1) is 0 Å². The number of hydrogen-bond acceptors (Lipinski definition) is 4. The van der Waals surface area contributed by atoms with Gasteiger partial charge in [-0.1, -0.05) is 23.7 Å². The van der Waals surface area contributed by atoms with E-state index in [2.05, 4.69) is 5.32 Å². The van der Waals surface area contributed by atoms with Gasteiger partial charge < -0.3 is 19.9 Å². The lowest BCUT2D eigenvalue weighted by molar-refractivity contribution is -0.137. The Morgan fingerprint density at radius 2 is 1.66 bits per heavy atom. The molecule has 0 radical (unpaired) electrons. The van der Waals surface area contributed by atoms with Gasteiger partial charge in [-0.25, -0.2) is 4.79 Å². The number of nitrogens with one attached hydrogen (secondary N) is 1. The Bertz CT molecular complexity index is 748. The fraction of sp³-hybridized carbons (Fsp3) is 0.476. The first-order valence-electron chi connectivity index (χ1n) is 9.61. The summed E-state index contributed by atoms with van der Waals surface area (Å²) in [5, 5.41) is 3.23. The molecule has 1 aromatic carbocycles. The maximum atomic E-state index is 12.3. The molecule has 0 aliphatic carbocycles. The summed E-state index contributed by atoms with van der Waals surface area (Å²) >= 11 is 5.85. The second-order valence-corrected chi connectivity index (χ2v) is 8.21. The van der Waals surface area contributed by atoms with Crippen LogP contribution in [0.5, 0.6) is 0 Å². The second kappa shape index (κ2) is 10.3. The summed E-state index contributed by atoms with van der Waals surface area (Å²) in [6.07, 6.45) is 2.95. The van der Waals surface area contributed by atoms with Crippen LogP contribution in [0.4, 0.5) is 4.79 Å². The molecular formula is C21H28ClN3O4. The molecule has 8 heteroatoms. The lowest BCUT2D eigenvalue weighted by Gasteiger charge is -2.34. The van der Waals surface area contributed by atoms with Crippen LogP contribution in [-0.4, -0.2) is 66.0 Å². The Morgan fingerprint density at radius 1 is 1.07 bits per heavy atom. The minimum absolute atomic E-state index is 0.0511. The van der Waals surface area contributed by atoms with E-state index in [4.69, 9.17) is 16.3 Å². The molecule has 1 N–H and O–H groups in total. The predicted molar refractivity (Wildman–Crippen MR) is 112 cm³/mol. The van der Waals surface area contributed by atoms with Crippen molar-refractivity contribution in [3.63, 3.8) is 0 Å². The molecule has 29 heavy (non-hydrogen) atoms. The van der Waals surface area contributed by atoms with Crippen LogP contribution in [-0.2, 0) is 14.3 Å². The Hall–Kier alpha value is -2.54. The highest BCUT2D eigenvalue weighted by Gasteiger charge is 2.23. The zero-order chi connectivity index (χ0) is 21.4. The number of hydrogen-bond donors (Lipinski definition) is 1. The number of piperazine rings is 1. The molecule has 1 aromatic rings. The average molecular weight is 422 g/mol. The van der Waals surface area contributed by atoms with Gasteiger partial charge in [0.05, 0.1) is 0 Å². The molecule has 1 aliphatic rings. The molecule has 0 unspecified atom stereocenters. The first kappa shape index (κ1) is 22.7. The van der Waals surface area contributed by atoms with E-state index < -0.39 is 11.7 Å². The summed E-state index contributed by atoms with van der Waals surface area (Å²) in [6, 6.07) is 7.23. The van der Waals surface area contributed by atoms with E-state index in [-0.39, 0.29) is 24.8 Å². The number of alkyl carbamates (subject to hydrolysis) is 1. The molecule has 1 heterocycles. The Kier molecular flexibility index (Phi) is 8.08. The standard InChI is InChI=1S/C21H28ClN3O4/c1-21(2,3)29-20(28)23-11-10-19(27)25-14-12-24(13-15-25)18(26)9-6-16-4-7-17(22)8-5-16/h4-9H,10-15H2,1-3H3,(H,23,28)/b9-6+. The number of carbonyl (C=O) groups excluding carboxylic acids is 3. The molecule has 2 rings (SSSR count). The second-order valence-electron chi connectivity index (χ2n) is 7.77. The summed E-state index contributed by atoms with van der Waals surface area (Å²) in [5.74, 6) is -0.136. The van der Waals surface area contributed by atoms with E-state index in [0.717, 1.165) is 5.56 Å². The minimum atomic E-state index is -0.570. The van der Waals surface area contributed by atoms with Gasteiger partial charge in [0.1, 0.15) is 5.60 Å². The van der Waals surface area contributed by atoms with Crippen molar-refractivity contribution >= 4 is 35.6 Å². The van der Waals surface area contributed by atoms with Crippen molar-refractivity contribution in [1.29, 1.82) is 0 Å². The topological polar surface area (TPSA) is 79.0 Å². The van der Waals surface area contributed by atoms with Crippen LogP contribution in [0.3, 0.4) is 0 Å². The van der Waals surface area contributed by atoms with E-state index in [1.165, 1.54) is 6.08 Å². The molecular weight excluding hydrogens is 394 g/mol. The number of ether oxygens (including phenoxy) is 1. The number of benzene rings is 1. The molecule has 158 valence electrons. The molecule has 1 aliphatic heterocycles. The van der Waals surface area contributed by atoms with Gasteiger partial charge in [0.2, 0.25) is 11.8 Å². The van der Waals surface area contributed by atoms with Crippen molar-refractivity contribution in [3.05, 3.63) is 40.9 Å². The number of amides is 3. The molecule has 0 saturated carbocycles. The highest BCUT2D eigenvalue weighted by Crippen LogP contribution is 2.11. The number of carbonyl (C=O) groups is 3. The molecule has 3 amide bonds. The minimum Gasteiger partial charge on any atom is -0.444 e. The van der Waals surface area contributed by atoms with Crippen molar-refractivity contribution in [3.8, 4) is 0 Å². The van der Waals surface area contributed by atoms with Crippen LogP contribution < -0.4 is 5.32 Å². The molecule has 0 aromatic heterocycles. The number of nitrogens with zero attached hydrogens (tertiary/aromatic N) is 2. The first-order valence-corrected chi connectivity index (χ1v) is 9.99. The van der Waals surface area contributed by atoms with E-state index in [9.17, 15) is 14.4 Å². The summed E-state index contributed by atoms with van der Waals surface area (Å²) < 4.78 is 5.13. The fourth-order valence-electron chi connectivity index (χ4n) is 2.77. The lowest BCUT2D eigenvalue weighted by atomic mass is 10.2. The monoisotopic (exact) mass is 421 g/mol. The average Bonchev–Trinajstić information content (AvgIpc) is 2.66. The van der Waals surface area contributed by atoms with Crippen LogP contribution in [0.25, 0.3) is 6.08 Å². The first-order chi connectivity index (χ1) is 13.6. The molecule has 1 saturated heterocycles. The SMILES string of the molecule is CC(C)(C)OC(=O)NCCC(=O)N1CCN(C(=O)/C=C/c2ccc(Cl)cc2)CC1. The van der Waals surface area contributed by atoms with Crippen LogP contribution in [0.2, 0.25) is 5.02 Å². The van der Waals surface area contributed by atoms with Gasteiger partial charge in [0.25, 0.3) is 0 Å². The molecule has 0 spiro atoms. The predicted octanol–water partition coefficient (Wildman–Crippen LogP) is 2.94. The Balaban J connectivity index is 1.71. The molecule has 7 nitrogen and oxygen atoms in total. The van der Waals surface area contributed by atoms with E-state index >= 15 is 0 Å². The van der Waals surface area contributed by atoms with Crippen LogP contribution in [0.1, 0.15) is 32.8 Å². The van der Waals surface area contributed by atoms with Gasteiger partial charge in [0, 0.05) is 50.2 Å².